The lowest BCUT2D eigenvalue weighted by atomic mass is 9.80. The van der Waals surface area contributed by atoms with Crippen LogP contribution in [0.4, 0.5) is 0 Å². The van der Waals surface area contributed by atoms with E-state index in [2.05, 4.69) is 6.92 Å². The number of carbonyl (C=O) groups is 1. The van der Waals surface area contributed by atoms with E-state index in [1.54, 1.807) is 0 Å². The van der Waals surface area contributed by atoms with E-state index in [1.807, 2.05) is 0 Å². The van der Waals surface area contributed by atoms with Crippen molar-refractivity contribution in [2.45, 2.75) is 32.1 Å². The molecule has 1 atom stereocenters. The van der Waals surface area contributed by atoms with Gasteiger partial charge in [0, 0.05) is 12.3 Å². The molecule has 1 heteroatoms. The highest BCUT2D eigenvalue weighted by Crippen LogP contribution is 2.26. The van der Waals surface area contributed by atoms with Crippen LogP contribution in [-0.4, -0.2) is 5.78 Å². The minimum atomic E-state index is 0.423. The van der Waals surface area contributed by atoms with Crippen molar-refractivity contribution in [2.24, 2.45) is 5.92 Å². The van der Waals surface area contributed by atoms with Crippen LogP contribution in [0, 0.1) is 12.8 Å². The maximum atomic E-state index is 10.7. The number of carbonyl (C=O) groups excluding carboxylic acids is 1. The van der Waals surface area contributed by atoms with Gasteiger partial charge in [-0.05, 0) is 12.8 Å². The van der Waals surface area contributed by atoms with Crippen molar-refractivity contribution in [2.75, 3.05) is 0 Å². The molecule has 1 saturated carbocycles. The molecule has 1 fully saturated rings. The van der Waals surface area contributed by atoms with Crippen LogP contribution in [-0.2, 0) is 4.79 Å². The summed E-state index contributed by atoms with van der Waals surface area (Å²) in [5.74, 6) is 0.898. The molecule has 0 aromatic carbocycles. The molecule has 0 spiro atoms. The van der Waals surface area contributed by atoms with Crippen molar-refractivity contribution in [3.8, 4) is 0 Å². The molecule has 0 aromatic heterocycles. The monoisotopic (exact) mass is 125 g/mol. The second kappa shape index (κ2) is 3.00. The first-order chi connectivity index (χ1) is 4.34. The summed E-state index contributed by atoms with van der Waals surface area (Å²) in [5, 5.41) is 0. The first kappa shape index (κ1) is 6.79. The van der Waals surface area contributed by atoms with Gasteiger partial charge in [-0.3, -0.25) is 4.79 Å². The van der Waals surface area contributed by atoms with E-state index in [0.717, 1.165) is 32.1 Å². The van der Waals surface area contributed by atoms with Crippen molar-refractivity contribution in [1.82, 2.24) is 0 Å². The van der Waals surface area contributed by atoms with Crippen LogP contribution in [0.5, 0.6) is 0 Å². The lowest BCUT2D eigenvalue weighted by molar-refractivity contribution is -0.129. The quantitative estimate of drug-likeness (QED) is 0.563. The van der Waals surface area contributed by atoms with E-state index >= 15 is 0 Å². The predicted molar refractivity (Wildman–Crippen MR) is 36.9 cm³/mol. The molecule has 1 radical (unpaired) electrons. The van der Waals surface area contributed by atoms with Gasteiger partial charge in [-0.15, -0.1) is 0 Å². The summed E-state index contributed by atoms with van der Waals surface area (Å²) in [7, 11) is 0. The number of ketones is 1. The smallest absolute Gasteiger partial charge is 0.136 e. The van der Waals surface area contributed by atoms with Gasteiger partial charge in [0.25, 0.3) is 0 Å². The van der Waals surface area contributed by atoms with Gasteiger partial charge in [0.2, 0.25) is 0 Å². The van der Waals surface area contributed by atoms with Crippen molar-refractivity contribution < 1.29 is 4.79 Å². The molecule has 9 heavy (non-hydrogen) atoms. The predicted octanol–water partition coefficient (Wildman–Crippen LogP) is 1.97. The Kier molecular flexibility index (Phi) is 2.26. The van der Waals surface area contributed by atoms with Crippen LogP contribution in [0.2, 0.25) is 0 Å². The third-order valence-corrected chi connectivity index (χ3v) is 2.00. The van der Waals surface area contributed by atoms with E-state index in [9.17, 15) is 4.79 Å². The van der Waals surface area contributed by atoms with Crippen LogP contribution in [0.25, 0.3) is 0 Å². The van der Waals surface area contributed by atoms with Crippen molar-refractivity contribution >= 4 is 5.78 Å². The third-order valence-electron chi connectivity index (χ3n) is 2.00. The summed E-state index contributed by atoms with van der Waals surface area (Å²) in [5.41, 5.74) is 0. The van der Waals surface area contributed by atoms with Gasteiger partial charge < -0.3 is 0 Å². The Balaban J connectivity index is 2.06. The summed E-state index contributed by atoms with van der Waals surface area (Å²) in [6.45, 7) is 3.73. The van der Waals surface area contributed by atoms with Crippen LogP contribution >= 0.6 is 0 Å². The largest absolute Gasteiger partial charge is 0.299 e. The van der Waals surface area contributed by atoms with E-state index in [4.69, 9.17) is 0 Å². The summed E-state index contributed by atoms with van der Waals surface area (Å²) >= 11 is 0. The molecule has 0 saturated heterocycles. The highest BCUT2D eigenvalue weighted by molar-refractivity contribution is 5.86. The lowest BCUT2D eigenvalue weighted by Crippen LogP contribution is -2.25. The van der Waals surface area contributed by atoms with Gasteiger partial charge >= 0.3 is 0 Å². The molecule has 0 amide bonds. The Hall–Kier alpha value is -0.330. The fraction of sp³-hybridized carbons (Fsp3) is 0.750. The number of hydrogen-bond donors (Lipinski definition) is 0. The molecule has 1 aliphatic carbocycles. The molecule has 1 nitrogen and oxygen atoms in total. The maximum absolute atomic E-state index is 10.7. The van der Waals surface area contributed by atoms with Gasteiger partial charge in [-0.1, -0.05) is 19.8 Å². The van der Waals surface area contributed by atoms with Gasteiger partial charge in [0.1, 0.15) is 5.78 Å². The highest BCUT2D eigenvalue weighted by atomic mass is 16.1. The molecule has 0 bridgehead atoms. The van der Waals surface area contributed by atoms with E-state index in [1.165, 1.54) is 0 Å². The van der Waals surface area contributed by atoms with E-state index in [0.29, 0.717) is 11.7 Å². The Bertz CT molecular complexity index is 107. The Morgan fingerprint density at radius 1 is 1.67 bits per heavy atom. The minimum Gasteiger partial charge on any atom is -0.299 e. The lowest BCUT2D eigenvalue weighted by Gasteiger charge is -2.22. The average molecular weight is 125 g/mol. The van der Waals surface area contributed by atoms with E-state index in [-0.39, 0.29) is 0 Å². The molecule has 0 heterocycles. The molecular formula is C8H13O. The van der Waals surface area contributed by atoms with Crippen molar-refractivity contribution in [3.63, 3.8) is 0 Å². The number of Topliss-reactive ketones (excluding diaryl/α,β-unsaturated/α-hetero) is 1. The van der Waals surface area contributed by atoms with Crippen molar-refractivity contribution in [3.05, 3.63) is 6.92 Å². The van der Waals surface area contributed by atoms with Crippen LogP contribution in [0.1, 0.15) is 32.1 Å². The molecule has 1 aliphatic rings. The van der Waals surface area contributed by atoms with Crippen molar-refractivity contribution in [1.29, 1.82) is 0 Å². The number of unbranched alkanes of at least 4 members (excludes halogenated alkanes) is 1. The number of rotatable bonds is 3. The second-order valence-corrected chi connectivity index (χ2v) is 2.70. The number of hydrogen-bond acceptors (Lipinski definition) is 1. The fourth-order valence-corrected chi connectivity index (χ4v) is 1.16. The molecule has 1 rings (SSSR count). The molecular weight excluding hydrogens is 112 g/mol. The summed E-state index contributed by atoms with van der Waals surface area (Å²) in [6, 6.07) is 0. The van der Waals surface area contributed by atoms with Gasteiger partial charge in [0.05, 0.1) is 0 Å². The molecule has 0 aliphatic heterocycles. The zero-order chi connectivity index (χ0) is 6.69. The minimum absolute atomic E-state index is 0.423. The molecule has 0 aromatic rings. The second-order valence-electron chi connectivity index (χ2n) is 2.70. The molecule has 51 valence electrons. The SMILES string of the molecule is [CH2]CCCC1CCC1=O. The van der Waals surface area contributed by atoms with Crippen LogP contribution in [0.3, 0.4) is 0 Å². The van der Waals surface area contributed by atoms with Crippen LogP contribution < -0.4 is 0 Å². The summed E-state index contributed by atoms with van der Waals surface area (Å²) in [4.78, 5) is 10.7. The summed E-state index contributed by atoms with van der Waals surface area (Å²) < 4.78 is 0. The fourth-order valence-electron chi connectivity index (χ4n) is 1.16. The Labute approximate surface area is 56.4 Å². The van der Waals surface area contributed by atoms with E-state index < -0.39 is 0 Å². The molecule has 0 N–H and O–H groups in total. The zero-order valence-corrected chi connectivity index (χ0v) is 5.73. The Morgan fingerprint density at radius 2 is 2.44 bits per heavy atom. The molecule has 1 unspecified atom stereocenters. The average Bonchev–Trinajstić information content (AvgIpc) is 1.86. The van der Waals surface area contributed by atoms with Gasteiger partial charge in [-0.25, -0.2) is 0 Å². The van der Waals surface area contributed by atoms with Gasteiger partial charge in [0.15, 0.2) is 0 Å². The maximum Gasteiger partial charge on any atom is 0.136 e. The highest BCUT2D eigenvalue weighted by Gasteiger charge is 2.26. The first-order valence-corrected chi connectivity index (χ1v) is 3.66. The Morgan fingerprint density at radius 3 is 2.78 bits per heavy atom. The topological polar surface area (TPSA) is 17.1 Å². The standard InChI is InChI=1S/C8H13O/c1-2-3-4-7-5-6-8(7)9/h7H,1-6H2. The normalized spacial score (nSPS) is 25.9. The zero-order valence-electron chi connectivity index (χ0n) is 5.73. The van der Waals surface area contributed by atoms with Gasteiger partial charge in [-0.2, -0.15) is 0 Å². The first-order valence-electron chi connectivity index (χ1n) is 3.66. The third kappa shape index (κ3) is 1.54. The van der Waals surface area contributed by atoms with Crippen LogP contribution in [0.15, 0.2) is 0 Å². The summed E-state index contributed by atoms with van der Waals surface area (Å²) in [6.07, 6.45) is 5.16.